The number of rotatable bonds is 1. The highest BCUT2D eigenvalue weighted by molar-refractivity contribution is 4.83. The second-order valence-corrected chi connectivity index (χ2v) is 3.36. The molecule has 0 aromatic heterocycles. The molecule has 3 nitrogen and oxygen atoms in total. The smallest absolute Gasteiger partial charge is 0.0824 e. The maximum atomic E-state index is 9.27. The van der Waals surface area contributed by atoms with Crippen LogP contribution >= 0.6 is 0 Å². The lowest BCUT2D eigenvalue weighted by Crippen LogP contribution is -2.41. The van der Waals surface area contributed by atoms with Gasteiger partial charge < -0.3 is 14.9 Å². The summed E-state index contributed by atoms with van der Waals surface area (Å²) in [6, 6.07) is 0. The van der Waals surface area contributed by atoms with E-state index < -0.39 is 12.2 Å². The van der Waals surface area contributed by atoms with Gasteiger partial charge >= 0.3 is 0 Å². The molecule has 3 heteroatoms. The third-order valence-electron chi connectivity index (χ3n) is 2.47. The Morgan fingerprint density at radius 2 is 1.73 bits per heavy atom. The van der Waals surface area contributed by atoms with Crippen molar-refractivity contribution in [1.29, 1.82) is 0 Å². The monoisotopic (exact) mass is 160 g/mol. The molecule has 0 aromatic carbocycles. The fraction of sp³-hybridized carbons (Fsp3) is 1.00. The zero-order valence-corrected chi connectivity index (χ0v) is 7.03. The highest BCUT2D eigenvalue weighted by Crippen LogP contribution is 2.26. The average Bonchev–Trinajstić information content (AvgIpc) is 1.97. The first-order chi connectivity index (χ1) is 5.15. The van der Waals surface area contributed by atoms with Gasteiger partial charge in [0.15, 0.2) is 0 Å². The summed E-state index contributed by atoms with van der Waals surface area (Å²) < 4.78 is 5.15. The Labute approximate surface area is 67.0 Å². The molecule has 4 atom stereocenters. The van der Waals surface area contributed by atoms with E-state index in [9.17, 15) is 10.2 Å². The minimum absolute atomic E-state index is 0.105. The molecule has 0 amide bonds. The molecule has 0 spiro atoms. The van der Waals surface area contributed by atoms with Crippen LogP contribution < -0.4 is 0 Å². The Morgan fingerprint density at radius 3 is 2.27 bits per heavy atom. The van der Waals surface area contributed by atoms with E-state index in [1.165, 1.54) is 0 Å². The van der Waals surface area contributed by atoms with Gasteiger partial charge in [-0.1, -0.05) is 6.92 Å². The van der Waals surface area contributed by atoms with Gasteiger partial charge in [-0.3, -0.25) is 0 Å². The summed E-state index contributed by atoms with van der Waals surface area (Å²) in [6.07, 6.45) is 0.138. The van der Waals surface area contributed by atoms with E-state index in [4.69, 9.17) is 4.74 Å². The second kappa shape index (κ2) is 3.52. The van der Waals surface area contributed by atoms with Gasteiger partial charge in [0.1, 0.15) is 0 Å². The SMILES string of the molecule is COC1CC(O)C(O)CC1C. The lowest BCUT2D eigenvalue weighted by Gasteiger charge is -2.34. The van der Waals surface area contributed by atoms with Crippen molar-refractivity contribution in [3.05, 3.63) is 0 Å². The van der Waals surface area contributed by atoms with Crippen LogP contribution in [0.25, 0.3) is 0 Å². The third kappa shape index (κ3) is 1.92. The van der Waals surface area contributed by atoms with Gasteiger partial charge in [0.25, 0.3) is 0 Å². The quantitative estimate of drug-likeness (QED) is 0.574. The fourth-order valence-corrected chi connectivity index (χ4v) is 1.65. The number of aliphatic hydroxyl groups excluding tert-OH is 2. The van der Waals surface area contributed by atoms with Crippen LogP contribution in [-0.4, -0.2) is 35.6 Å². The van der Waals surface area contributed by atoms with Gasteiger partial charge in [-0.15, -0.1) is 0 Å². The minimum atomic E-state index is -0.601. The van der Waals surface area contributed by atoms with Crippen molar-refractivity contribution < 1.29 is 14.9 Å². The Morgan fingerprint density at radius 1 is 1.18 bits per heavy atom. The Hall–Kier alpha value is -0.120. The first kappa shape index (κ1) is 8.97. The molecule has 4 unspecified atom stereocenters. The molecule has 11 heavy (non-hydrogen) atoms. The number of methoxy groups -OCH3 is 1. The fourth-order valence-electron chi connectivity index (χ4n) is 1.65. The number of hydrogen-bond donors (Lipinski definition) is 2. The van der Waals surface area contributed by atoms with Crippen molar-refractivity contribution in [2.45, 2.75) is 38.1 Å². The molecule has 0 aliphatic heterocycles. The number of hydrogen-bond acceptors (Lipinski definition) is 3. The molecule has 0 saturated heterocycles. The maximum Gasteiger partial charge on any atom is 0.0824 e. The van der Waals surface area contributed by atoms with Gasteiger partial charge in [-0.2, -0.15) is 0 Å². The molecule has 0 aromatic rings. The van der Waals surface area contributed by atoms with Gasteiger partial charge in [0.2, 0.25) is 0 Å². The lowest BCUT2D eigenvalue weighted by atomic mass is 9.84. The molecule has 1 aliphatic rings. The van der Waals surface area contributed by atoms with E-state index in [2.05, 4.69) is 0 Å². The van der Waals surface area contributed by atoms with Crippen LogP contribution in [0.3, 0.4) is 0 Å². The zero-order chi connectivity index (χ0) is 8.43. The molecule has 2 N–H and O–H groups in total. The van der Waals surface area contributed by atoms with Crippen molar-refractivity contribution in [1.82, 2.24) is 0 Å². The van der Waals surface area contributed by atoms with Gasteiger partial charge in [-0.25, -0.2) is 0 Å². The molecular formula is C8H16O3. The van der Waals surface area contributed by atoms with Gasteiger partial charge in [0.05, 0.1) is 18.3 Å². The van der Waals surface area contributed by atoms with Crippen molar-refractivity contribution in [2.75, 3.05) is 7.11 Å². The van der Waals surface area contributed by atoms with Crippen molar-refractivity contribution in [2.24, 2.45) is 5.92 Å². The predicted octanol–water partition coefficient (Wildman–Crippen LogP) is 0.153. The maximum absolute atomic E-state index is 9.27. The predicted molar refractivity (Wildman–Crippen MR) is 41.2 cm³/mol. The van der Waals surface area contributed by atoms with E-state index in [0.717, 1.165) is 0 Å². The molecule has 1 saturated carbocycles. The molecule has 0 radical (unpaired) electrons. The van der Waals surface area contributed by atoms with E-state index in [-0.39, 0.29) is 6.10 Å². The van der Waals surface area contributed by atoms with Crippen LogP contribution in [0, 0.1) is 5.92 Å². The molecule has 1 fully saturated rings. The van der Waals surface area contributed by atoms with Crippen LogP contribution in [0.1, 0.15) is 19.8 Å². The molecule has 0 bridgehead atoms. The first-order valence-electron chi connectivity index (χ1n) is 4.04. The van der Waals surface area contributed by atoms with Crippen LogP contribution in [0.4, 0.5) is 0 Å². The molecular weight excluding hydrogens is 144 g/mol. The highest BCUT2D eigenvalue weighted by atomic mass is 16.5. The second-order valence-electron chi connectivity index (χ2n) is 3.36. The Bertz CT molecular complexity index is 127. The number of ether oxygens (including phenoxy) is 1. The molecule has 1 aliphatic carbocycles. The van der Waals surface area contributed by atoms with Crippen molar-refractivity contribution in [3.63, 3.8) is 0 Å². The van der Waals surface area contributed by atoms with Crippen molar-refractivity contribution in [3.8, 4) is 0 Å². The summed E-state index contributed by atoms with van der Waals surface area (Å²) in [6.45, 7) is 2.03. The lowest BCUT2D eigenvalue weighted by molar-refractivity contribution is -0.0853. The topological polar surface area (TPSA) is 49.7 Å². The summed E-state index contributed by atoms with van der Waals surface area (Å²) in [7, 11) is 1.64. The van der Waals surface area contributed by atoms with Crippen LogP contribution in [0.5, 0.6) is 0 Å². The molecule has 0 heterocycles. The van der Waals surface area contributed by atoms with Crippen LogP contribution in [0.15, 0.2) is 0 Å². The Kier molecular flexibility index (Phi) is 2.87. The van der Waals surface area contributed by atoms with E-state index in [0.29, 0.717) is 18.8 Å². The van der Waals surface area contributed by atoms with Gasteiger partial charge in [-0.05, 0) is 12.3 Å². The number of aliphatic hydroxyl groups is 2. The summed E-state index contributed by atoms with van der Waals surface area (Å²) >= 11 is 0. The van der Waals surface area contributed by atoms with Crippen molar-refractivity contribution >= 4 is 0 Å². The molecule has 66 valence electrons. The largest absolute Gasteiger partial charge is 0.390 e. The highest BCUT2D eigenvalue weighted by Gasteiger charge is 2.32. The average molecular weight is 160 g/mol. The zero-order valence-electron chi connectivity index (χ0n) is 7.03. The van der Waals surface area contributed by atoms with E-state index in [1.807, 2.05) is 6.92 Å². The van der Waals surface area contributed by atoms with Crippen LogP contribution in [0.2, 0.25) is 0 Å². The third-order valence-corrected chi connectivity index (χ3v) is 2.47. The van der Waals surface area contributed by atoms with Crippen LogP contribution in [-0.2, 0) is 4.74 Å². The first-order valence-corrected chi connectivity index (χ1v) is 4.04. The molecule has 1 rings (SSSR count). The standard InChI is InChI=1S/C8H16O3/c1-5-3-6(9)7(10)4-8(5)11-2/h5-10H,3-4H2,1-2H3. The summed E-state index contributed by atoms with van der Waals surface area (Å²) in [5, 5.41) is 18.5. The van der Waals surface area contributed by atoms with E-state index in [1.54, 1.807) is 7.11 Å². The summed E-state index contributed by atoms with van der Waals surface area (Å²) in [5.74, 6) is 0.346. The summed E-state index contributed by atoms with van der Waals surface area (Å²) in [4.78, 5) is 0. The van der Waals surface area contributed by atoms with E-state index >= 15 is 0 Å². The Balaban J connectivity index is 2.48. The normalized spacial score (nSPS) is 45.8. The minimum Gasteiger partial charge on any atom is -0.390 e. The summed E-state index contributed by atoms with van der Waals surface area (Å²) in [5.41, 5.74) is 0. The van der Waals surface area contributed by atoms with Gasteiger partial charge in [0, 0.05) is 13.5 Å².